The lowest BCUT2D eigenvalue weighted by Crippen LogP contribution is -2.13. The molecule has 2 aromatic carbocycles. The molecule has 29 heavy (non-hydrogen) atoms. The van der Waals surface area contributed by atoms with E-state index in [9.17, 15) is 14.0 Å². The average molecular weight is 421 g/mol. The molecule has 11 heteroatoms. The summed E-state index contributed by atoms with van der Waals surface area (Å²) in [5.41, 5.74) is 1.71. The van der Waals surface area contributed by atoms with E-state index in [-0.39, 0.29) is 11.4 Å². The normalized spacial score (nSPS) is 10.4. The minimum Gasteiger partial charge on any atom is -0.454 e. The molecule has 0 atom stereocenters. The zero-order valence-corrected chi connectivity index (χ0v) is 15.7. The first-order valence-corrected chi connectivity index (χ1v) is 8.49. The molecule has 9 nitrogen and oxygen atoms in total. The summed E-state index contributed by atoms with van der Waals surface area (Å²) in [5, 5.41) is 19.2. The van der Waals surface area contributed by atoms with E-state index in [1.165, 1.54) is 23.0 Å². The number of carbonyl (C=O) groups excluding carboxylic acids is 1. The van der Waals surface area contributed by atoms with E-state index in [4.69, 9.17) is 21.4 Å². The second-order valence-corrected chi connectivity index (χ2v) is 6.19. The van der Waals surface area contributed by atoms with E-state index in [2.05, 4.69) is 20.4 Å². The van der Waals surface area contributed by atoms with Crippen LogP contribution < -0.4 is 10.1 Å². The Balaban J connectivity index is 1.76. The third kappa shape index (κ3) is 4.99. The van der Waals surface area contributed by atoms with Gasteiger partial charge in [0, 0.05) is 16.8 Å². The van der Waals surface area contributed by atoms with Crippen molar-refractivity contribution in [2.24, 2.45) is 0 Å². The fraction of sp³-hybridized carbons (Fsp3) is 0.111. The molecule has 3 rings (SSSR count). The van der Waals surface area contributed by atoms with Crippen molar-refractivity contribution in [1.29, 1.82) is 0 Å². The van der Waals surface area contributed by atoms with Gasteiger partial charge in [-0.05, 0) is 36.8 Å². The van der Waals surface area contributed by atoms with E-state index < -0.39 is 24.7 Å². The fourth-order valence-electron chi connectivity index (χ4n) is 2.30. The first-order chi connectivity index (χ1) is 13.8. The van der Waals surface area contributed by atoms with Crippen molar-refractivity contribution in [3.05, 3.63) is 64.7 Å². The summed E-state index contributed by atoms with van der Waals surface area (Å²) >= 11 is 5.94. The summed E-state index contributed by atoms with van der Waals surface area (Å²) in [7, 11) is 0. The molecule has 0 spiro atoms. The van der Waals surface area contributed by atoms with Gasteiger partial charge < -0.3 is 19.9 Å². The summed E-state index contributed by atoms with van der Waals surface area (Å²) in [4.78, 5) is 22.8. The zero-order chi connectivity index (χ0) is 21.0. The maximum Gasteiger partial charge on any atom is 0.508 e. The average Bonchev–Trinajstić information content (AvgIpc) is 3.16. The third-order valence-electron chi connectivity index (χ3n) is 3.75. The van der Waals surface area contributed by atoms with Crippen molar-refractivity contribution >= 4 is 29.4 Å². The molecular weight excluding hydrogens is 407 g/mol. The minimum atomic E-state index is -1.55. The molecule has 0 aliphatic rings. The van der Waals surface area contributed by atoms with Crippen LogP contribution in [-0.4, -0.2) is 39.0 Å². The Morgan fingerprint density at radius 1 is 1.28 bits per heavy atom. The second-order valence-electron chi connectivity index (χ2n) is 5.75. The molecule has 1 aromatic heterocycles. The largest absolute Gasteiger partial charge is 0.508 e. The van der Waals surface area contributed by atoms with Crippen molar-refractivity contribution in [1.82, 2.24) is 15.0 Å². The van der Waals surface area contributed by atoms with Crippen LogP contribution in [0.3, 0.4) is 0 Å². The number of nitrogens with zero attached hydrogens (tertiary/aromatic N) is 3. The number of hydrogen-bond acceptors (Lipinski definition) is 6. The van der Waals surface area contributed by atoms with Gasteiger partial charge in [0.15, 0.2) is 17.3 Å². The Labute approximate surface area is 168 Å². The maximum atomic E-state index is 13.8. The van der Waals surface area contributed by atoms with Crippen LogP contribution in [0.1, 0.15) is 16.1 Å². The number of hydrogen-bond donors (Lipinski definition) is 2. The van der Waals surface area contributed by atoms with Crippen LogP contribution in [-0.2, 0) is 4.74 Å². The molecule has 0 bridgehead atoms. The molecule has 0 saturated heterocycles. The van der Waals surface area contributed by atoms with Crippen molar-refractivity contribution in [3.63, 3.8) is 0 Å². The molecular formula is C18H14ClFN4O5. The van der Waals surface area contributed by atoms with Gasteiger partial charge in [-0.1, -0.05) is 22.9 Å². The summed E-state index contributed by atoms with van der Waals surface area (Å²) < 4.78 is 24.2. The lowest BCUT2D eigenvalue weighted by Gasteiger charge is -2.08. The van der Waals surface area contributed by atoms with Gasteiger partial charge in [0.25, 0.3) is 5.91 Å². The van der Waals surface area contributed by atoms with Gasteiger partial charge in [0.05, 0.1) is 11.9 Å². The summed E-state index contributed by atoms with van der Waals surface area (Å²) in [5.74, 6) is -1.48. The van der Waals surface area contributed by atoms with Crippen molar-refractivity contribution in [2.75, 3.05) is 12.1 Å². The number of carbonyl (C=O) groups is 2. The van der Waals surface area contributed by atoms with Gasteiger partial charge in [-0.25, -0.2) is 13.9 Å². The van der Waals surface area contributed by atoms with Crippen molar-refractivity contribution < 1.29 is 28.6 Å². The minimum absolute atomic E-state index is 0.0189. The van der Waals surface area contributed by atoms with Crippen LogP contribution in [0.15, 0.2) is 42.6 Å². The van der Waals surface area contributed by atoms with E-state index in [0.29, 0.717) is 16.4 Å². The van der Waals surface area contributed by atoms with Crippen LogP contribution in [0.2, 0.25) is 5.02 Å². The molecule has 0 fully saturated rings. The monoisotopic (exact) mass is 420 g/mol. The molecule has 2 N–H and O–H groups in total. The molecule has 0 radical (unpaired) electrons. The Morgan fingerprint density at radius 2 is 2.07 bits per heavy atom. The predicted octanol–water partition coefficient (Wildman–Crippen LogP) is 3.65. The number of halogens is 2. The lowest BCUT2D eigenvalue weighted by molar-refractivity contribution is 0.0243. The molecule has 1 amide bonds. The molecule has 0 saturated carbocycles. The van der Waals surface area contributed by atoms with Crippen LogP contribution in [0.25, 0.3) is 5.69 Å². The number of amides is 1. The van der Waals surface area contributed by atoms with Crippen LogP contribution in [0.4, 0.5) is 14.9 Å². The highest BCUT2D eigenvalue weighted by molar-refractivity contribution is 6.31. The second kappa shape index (κ2) is 8.57. The number of aromatic nitrogens is 3. The van der Waals surface area contributed by atoms with Gasteiger partial charge in [-0.15, -0.1) is 5.10 Å². The molecule has 0 aliphatic heterocycles. The fourth-order valence-corrected chi connectivity index (χ4v) is 2.47. The summed E-state index contributed by atoms with van der Waals surface area (Å²) in [6, 6.07) is 8.83. The number of benzene rings is 2. The Kier molecular flexibility index (Phi) is 5.93. The number of carboxylic acid groups (broad SMARTS) is 1. The number of nitrogens with one attached hydrogen (secondary N) is 1. The van der Waals surface area contributed by atoms with E-state index in [1.54, 1.807) is 18.2 Å². The maximum absolute atomic E-state index is 13.8. The first kappa shape index (κ1) is 20.1. The molecule has 150 valence electrons. The summed E-state index contributed by atoms with van der Waals surface area (Å²) in [6.07, 6.45) is -0.205. The third-order valence-corrected chi connectivity index (χ3v) is 3.99. The van der Waals surface area contributed by atoms with Crippen molar-refractivity contribution in [3.8, 4) is 11.4 Å². The molecule has 1 heterocycles. The Hall–Kier alpha value is -3.66. The molecule has 0 unspecified atom stereocenters. The number of aryl methyl sites for hydroxylation is 1. The number of ether oxygens (including phenoxy) is 2. The Morgan fingerprint density at radius 3 is 2.83 bits per heavy atom. The van der Waals surface area contributed by atoms with Gasteiger partial charge in [0.1, 0.15) is 0 Å². The summed E-state index contributed by atoms with van der Waals surface area (Å²) in [6.45, 7) is 1.14. The van der Waals surface area contributed by atoms with Gasteiger partial charge in [0.2, 0.25) is 6.79 Å². The topological polar surface area (TPSA) is 116 Å². The van der Waals surface area contributed by atoms with Crippen LogP contribution >= 0.6 is 11.6 Å². The van der Waals surface area contributed by atoms with Gasteiger partial charge in [-0.2, -0.15) is 0 Å². The first-order valence-electron chi connectivity index (χ1n) is 8.12. The lowest BCUT2D eigenvalue weighted by atomic mass is 10.2. The zero-order valence-electron chi connectivity index (χ0n) is 14.9. The number of anilines is 1. The van der Waals surface area contributed by atoms with Crippen LogP contribution in [0, 0.1) is 12.7 Å². The van der Waals surface area contributed by atoms with Crippen LogP contribution in [0.5, 0.6) is 5.75 Å². The predicted molar refractivity (Wildman–Crippen MR) is 100 cm³/mol. The number of rotatable bonds is 6. The van der Waals surface area contributed by atoms with Gasteiger partial charge in [-0.3, -0.25) is 4.79 Å². The molecule has 3 aromatic rings. The highest BCUT2D eigenvalue weighted by Gasteiger charge is 2.14. The Bertz CT molecular complexity index is 1070. The molecule has 0 aliphatic carbocycles. The van der Waals surface area contributed by atoms with E-state index >= 15 is 0 Å². The SMILES string of the molecule is Cc1ccc(Cl)cc1NC(=O)c1cn(-c2ccc(F)c(OCOC(=O)O)c2)nn1. The highest BCUT2D eigenvalue weighted by atomic mass is 35.5. The highest BCUT2D eigenvalue weighted by Crippen LogP contribution is 2.22. The smallest absolute Gasteiger partial charge is 0.454 e. The quantitative estimate of drug-likeness (QED) is 0.462. The van der Waals surface area contributed by atoms with E-state index in [1.807, 2.05) is 6.92 Å². The van der Waals surface area contributed by atoms with Crippen molar-refractivity contribution in [2.45, 2.75) is 6.92 Å². The van der Waals surface area contributed by atoms with Gasteiger partial charge >= 0.3 is 6.16 Å². The standard InChI is InChI=1S/C18H14ClFN4O5/c1-10-2-3-11(19)6-14(10)21-17(25)15-8-24(23-22-15)12-4-5-13(20)16(7-12)28-9-29-18(26)27/h2-8H,9H2,1H3,(H,21,25)(H,26,27). The van der Waals surface area contributed by atoms with E-state index in [0.717, 1.165) is 11.6 Å².